The molecule has 4 aromatic rings. The molecule has 5 N–H and O–H groups in total. The maximum Gasteiger partial charge on any atom is 0.490 e. The van der Waals surface area contributed by atoms with E-state index >= 15 is 0 Å². The van der Waals surface area contributed by atoms with Crippen LogP contribution in [0.25, 0.3) is 11.2 Å². The van der Waals surface area contributed by atoms with E-state index in [1.54, 1.807) is 4.57 Å². The number of fused-ring (bicyclic) bond motifs is 1. The topological polar surface area (TPSA) is 166 Å². The Hall–Kier alpha value is -4.02. The summed E-state index contributed by atoms with van der Waals surface area (Å²) in [5.74, 6) is -1.14. The Labute approximate surface area is 266 Å². The number of nitrogens with one attached hydrogen (secondary N) is 1. The first-order valence-corrected chi connectivity index (χ1v) is 14.8. The number of rotatable bonds is 9. The highest BCUT2D eigenvalue weighted by atomic mass is 35.5. The van der Waals surface area contributed by atoms with E-state index in [1.807, 2.05) is 30.3 Å². The van der Waals surface area contributed by atoms with E-state index in [0.29, 0.717) is 35.4 Å². The summed E-state index contributed by atoms with van der Waals surface area (Å²) < 4.78 is 39.1. The van der Waals surface area contributed by atoms with Gasteiger partial charge in [-0.3, -0.25) is 4.57 Å². The predicted molar refractivity (Wildman–Crippen MR) is 162 cm³/mol. The molecule has 0 radical (unpaired) electrons. The quantitative estimate of drug-likeness (QED) is 0.179. The molecular formula is C30H32ClF3N6O6. The van der Waals surface area contributed by atoms with Crippen LogP contribution in [0.2, 0.25) is 5.02 Å². The molecule has 2 aliphatic heterocycles. The molecule has 2 saturated heterocycles. The van der Waals surface area contributed by atoms with E-state index in [1.165, 1.54) is 17.5 Å². The second kappa shape index (κ2) is 14.2. The molecule has 4 heterocycles. The third-order valence-electron chi connectivity index (χ3n) is 7.67. The highest BCUT2D eigenvalue weighted by Crippen LogP contribution is 2.34. The molecule has 0 amide bonds. The molecule has 0 aliphatic carbocycles. The lowest BCUT2D eigenvalue weighted by Gasteiger charge is -2.39. The maximum atomic E-state index is 10.6. The highest BCUT2D eigenvalue weighted by Gasteiger charge is 2.44. The maximum absolute atomic E-state index is 10.6. The van der Waals surface area contributed by atoms with Crippen LogP contribution < -0.4 is 10.2 Å². The van der Waals surface area contributed by atoms with Crippen molar-refractivity contribution in [1.29, 1.82) is 0 Å². The molecule has 4 atom stereocenters. The lowest BCUT2D eigenvalue weighted by atomic mass is 9.92. The summed E-state index contributed by atoms with van der Waals surface area (Å²) in [7, 11) is 0. The monoisotopic (exact) mass is 664 g/mol. The molecule has 246 valence electrons. The Balaban J connectivity index is 0.000000537. The molecular weight excluding hydrogens is 633 g/mol. The Morgan fingerprint density at radius 2 is 1.70 bits per heavy atom. The van der Waals surface area contributed by atoms with Crippen LogP contribution >= 0.6 is 11.6 Å². The number of hydrogen-bond acceptors (Lipinski definition) is 10. The third-order valence-corrected chi connectivity index (χ3v) is 7.92. The number of aromatic nitrogens is 4. The highest BCUT2D eigenvalue weighted by molar-refractivity contribution is 6.30. The van der Waals surface area contributed by atoms with Gasteiger partial charge in [0.05, 0.1) is 12.9 Å². The number of aliphatic hydroxyl groups excluding tert-OH is 3. The summed E-state index contributed by atoms with van der Waals surface area (Å²) in [6.45, 7) is 1.85. The third kappa shape index (κ3) is 7.67. The molecule has 0 bridgehead atoms. The summed E-state index contributed by atoms with van der Waals surface area (Å²) in [6.07, 6.45) is -6.08. The van der Waals surface area contributed by atoms with Crippen molar-refractivity contribution in [1.82, 2.24) is 19.5 Å². The fraction of sp³-hybridized carbons (Fsp3) is 0.400. The predicted octanol–water partition coefficient (Wildman–Crippen LogP) is 3.06. The average Bonchev–Trinajstić information content (AvgIpc) is 3.56. The van der Waals surface area contributed by atoms with Crippen LogP contribution in [0.15, 0.2) is 60.9 Å². The smallest absolute Gasteiger partial charge is 0.475 e. The van der Waals surface area contributed by atoms with E-state index < -0.39 is 43.3 Å². The SMILES string of the molecule is O=C(O)C(F)(F)F.OC[C@H]1O[C@@H](n2cnc3c(NCCc4ccccc4)nc(N4CC(Cc5ccc(Cl)cc5)C4)nc32)[C@H](O)[C@@H]1O. The molecule has 2 aromatic heterocycles. The molecule has 0 spiro atoms. The number of aliphatic hydroxyl groups is 3. The number of alkyl halides is 3. The number of anilines is 2. The Morgan fingerprint density at radius 3 is 2.30 bits per heavy atom. The number of hydrogen-bond donors (Lipinski definition) is 5. The van der Waals surface area contributed by atoms with Gasteiger partial charge in [-0.25, -0.2) is 9.78 Å². The summed E-state index contributed by atoms with van der Waals surface area (Å²) in [6, 6.07) is 18.1. The van der Waals surface area contributed by atoms with Crippen LogP contribution in [0.5, 0.6) is 0 Å². The number of aliphatic carboxylic acids is 1. The first-order chi connectivity index (χ1) is 21.9. The average molecular weight is 665 g/mol. The van der Waals surface area contributed by atoms with Crippen LogP contribution in [-0.4, -0.2) is 96.6 Å². The number of carboxylic acid groups (broad SMARTS) is 1. The minimum absolute atomic E-state index is 0.406. The number of benzene rings is 2. The van der Waals surface area contributed by atoms with Gasteiger partial charge in [-0.1, -0.05) is 54.1 Å². The molecule has 0 saturated carbocycles. The second-order valence-corrected chi connectivity index (χ2v) is 11.4. The summed E-state index contributed by atoms with van der Waals surface area (Å²) in [5, 5.41) is 41.8. The summed E-state index contributed by atoms with van der Waals surface area (Å²) in [5.41, 5.74) is 3.48. The van der Waals surface area contributed by atoms with Gasteiger partial charge in [0.2, 0.25) is 5.95 Å². The zero-order chi connectivity index (χ0) is 33.0. The van der Waals surface area contributed by atoms with E-state index in [0.717, 1.165) is 31.0 Å². The van der Waals surface area contributed by atoms with Crippen molar-refractivity contribution in [2.75, 3.05) is 36.5 Å². The van der Waals surface area contributed by atoms with Crippen molar-refractivity contribution in [2.24, 2.45) is 5.92 Å². The van der Waals surface area contributed by atoms with E-state index in [9.17, 15) is 28.5 Å². The summed E-state index contributed by atoms with van der Waals surface area (Å²) >= 11 is 6.03. The lowest BCUT2D eigenvalue weighted by molar-refractivity contribution is -0.192. The first-order valence-electron chi connectivity index (χ1n) is 14.4. The minimum atomic E-state index is -5.08. The Kier molecular flexibility index (Phi) is 10.3. The standard InChI is InChI=1S/C28H31ClN6O4.C2HF3O2/c29-20-8-6-18(7-9-20)12-19-13-34(14-19)28-32-25(30-11-10-17-4-2-1-3-5-17)22-26(33-28)35(16-31-22)27-24(38)23(37)21(15-36)39-27;3-2(4,5)1(6)7/h1-9,16,19,21,23-24,27,36-38H,10-15H2,(H,30,32,33);(H,6,7)/t21-,23-,24-,27-;/m1./s1. The zero-order valence-corrected chi connectivity index (χ0v) is 25.0. The molecule has 16 heteroatoms. The molecule has 2 aliphatic rings. The summed E-state index contributed by atoms with van der Waals surface area (Å²) in [4.78, 5) is 25.2. The lowest BCUT2D eigenvalue weighted by Crippen LogP contribution is -2.48. The van der Waals surface area contributed by atoms with Gasteiger partial charge in [0.25, 0.3) is 0 Å². The van der Waals surface area contributed by atoms with Gasteiger partial charge in [0.1, 0.15) is 18.3 Å². The van der Waals surface area contributed by atoms with Crippen LogP contribution in [0.4, 0.5) is 24.9 Å². The van der Waals surface area contributed by atoms with E-state index in [2.05, 4.69) is 39.5 Å². The molecule has 2 aromatic carbocycles. The minimum Gasteiger partial charge on any atom is -0.475 e. The van der Waals surface area contributed by atoms with Crippen molar-refractivity contribution in [3.05, 3.63) is 77.1 Å². The largest absolute Gasteiger partial charge is 0.490 e. The normalized spacial score (nSPS) is 21.5. The van der Waals surface area contributed by atoms with E-state index in [-0.39, 0.29) is 0 Å². The number of halogens is 4. The number of carboxylic acids is 1. The van der Waals surface area contributed by atoms with Gasteiger partial charge < -0.3 is 35.4 Å². The fourth-order valence-electron chi connectivity index (χ4n) is 5.25. The van der Waals surface area contributed by atoms with Crippen molar-refractivity contribution >= 4 is 40.5 Å². The van der Waals surface area contributed by atoms with Crippen LogP contribution in [0, 0.1) is 5.92 Å². The second-order valence-electron chi connectivity index (χ2n) is 11.0. The molecule has 46 heavy (non-hydrogen) atoms. The molecule has 6 rings (SSSR count). The number of ether oxygens (including phenoxy) is 1. The van der Waals surface area contributed by atoms with Crippen LogP contribution in [0.3, 0.4) is 0 Å². The van der Waals surface area contributed by atoms with Gasteiger partial charge in [-0.15, -0.1) is 0 Å². The molecule has 12 nitrogen and oxygen atoms in total. The van der Waals surface area contributed by atoms with Gasteiger partial charge in [-0.2, -0.15) is 23.1 Å². The van der Waals surface area contributed by atoms with Crippen molar-refractivity contribution in [3.63, 3.8) is 0 Å². The molecule has 0 unspecified atom stereocenters. The van der Waals surface area contributed by atoms with Crippen molar-refractivity contribution < 1.29 is 43.1 Å². The zero-order valence-electron chi connectivity index (χ0n) is 24.3. The van der Waals surface area contributed by atoms with Gasteiger partial charge in [0.15, 0.2) is 23.2 Å². The van der Waals surface area contributed by atoms with Gasteiger partial charge in [-0.05, 0) is 42.0 Å². The van der Waals surface area contributed by atoms with Crippen molar-refractivity contribution in [3.8, 4) is 0 Å². The fourth-order valence-corrected chi connectivity index (χ4v) is 5.38. The Morgan fingerprint density at radius 1 is 1.02 bits per heavy atom. The van der Waals surface area contributed by atoms with Gasteiger partial charge in [0, 0.05) is 24.7 Å². The van der Waals surface area contributed by atoms with Crippen LogP contribution in [0.1, 0.15) is 17.4 Å². The Bertz CT molecular complexity index is 1620. The number of nitrogens with zero attached hydrogens (tertiary/aromatic N) is 5. The van der Waals surface area contributed by atoms with Gasteiger partial charge >= 0.3 is 12.1 Å². The number of carbonyl (C=O) groups is 1. The first kappa shape index (κ1) is 33.3. The number of imidazole rings is 1. The van der Waals surface area contributed by atoms with Crippen LogP contribution in [-0.2, 0) is 22.4 Å². The van der Waals surface area contributed by atoms with Crippen molar-refractivity contribution in [2.45, 2.75) is 43.6 Å². The van der Waals surface area contributed by atoms with E-state index in [4.69, 9.17) is 36.2 Å². The molecule has 2 fully saturated rings.